The van der Waals surface area contributed by atoms with Crippen molar-refractivity contribution in [3.63, 3.8) is 0 Å². The number of Topliss-reactive ketones (excluding diaryl/α,β-unsaturated/α-hetero) is 1. The van der Waals surface area contributed by atoms with E-state index in [0.717, 1.165) is 29.7 Å². The van der Waals surface area contributed by atoms with Crippen LogP contribution >= 0.6 is 0 Å². The van der Waals surface area contributed by atoms with Crippen LogP contribution in [-0.2, 0) is 20.6 Å². The maximum atomic E-state index is 12.8. The van der Waals surface area contributed by atoms with Crippen molar-refractivity contribution in [3.05, 3.63) is 29.3 Å². The van der Waals surface area contributed by atoms with Crippen LogP contribution < -0.4 is 4.74 Å². The molecule has 1 spiro atoms. The molecule has 0 atom stereocenters. The third kappa shape index (κ3) is 2.32. The summed E-state index contributed by atoms with van der Waals surface area (Å²) in [4.78, 5) is 12.8. The molecule has 0 N–H and O–H groups in total. The lowest BCUT2D eigenvalue weighted by atomic mass is 9.71. The van der Waals surface area contributed by atoms with Crippen molar-refractivity contribution in [2.45, 2.75) is 12.8 Å². The van der Waals surface area contributed by atoms with Gasteiger partial charge >= 0.3 is 0 Å². The average Bonchev–Trinajstić information content (AvgIpc) is 2.45. The lowest BCUT2D eigenvalue weighted by Crippen LogP contribution is -2.45. The fourth-order valence-electron chi connectivity index (χ4n) is 2.84. The SMILES string of the molecule is COc1ccc2c(c1)CCC1(COCOCOC1)C2=O. The van der Waals surface area contributed by atoms with Gasteiger partial charge in [-0.15, -0.1) is 0 Å². The lowest BCUT2D eigenvalue weighted by Gasteiger charge is -2.37. The smallest absolute Gasteiger partial charge is 0.173 e. The van der Waals surface area contributed by atoms with E-state index in [1.54, 1.807) is 7.11 Å². The molecule has 1 aliphatic carbocycles. The lowest BCUT2D eigenvalue weighted by molar-refractivity contribution is -0.182. The van der Waals surface area contributed by atoms with Gasteiger partial charge in [-0.2, -0.15) is 0 Å². The van der Waals surface area contributed by atoms with Crippen LogP contribution in [0, 0.1) is 5.41 Å². The molecule has 5 heteroatoms. The van der Waals surface area contributed by atoms with Gasteiger partial charge in [-0.05, 0) is 36.6 Å². The molecule has 3 rings (SSSR count). The number of ketones is 1. The normalized spacial score (nSPS) is 21.9. The Labute approximate surface area is 117 Å². The van der Waals surface area contributed by atoms with Crippen LogP contribution in [0.15, 0.2) is 18.2 Å². The highest BCUT2D eigenvalue weighted by atomic mass is 16.7. The molecule has 1 aliphatic heterocycles. The fourth-order valence-corrected chi connectivity index (χ4v) is 2.84. The topological polar surface area (TPSA) is 54.0 Å². The van der Waals surface area contributed by atoms with Crippen molar-refractivity contribution in [1.82, 2.24) is 0 Å². The second-order valence-corrected chi connectivity index (χ2v) is 5.27. The van der Waals surface area contributed by atoms with E-state index < -0.39 is 5.41 Å². The minimum absolute atomic E-state index is 0.100. The van der Waals surface area contributed by atoms with Crippen LogP contribution in [0.1, 0.15) is 22.3 Å². The first kappa shape index (κ1) is 13.5. The number of hydrogen-bond acceptors (Lipinski definition) is 5. The molecule has 0 amide bonds. The quantitative estimate of drug-likeness (QED) is 0.784. The summed E-state index contributed by atoms with van der Waals surface area (Å²) in [6, 6.07) is 5.60. The number of ether oxygens (including phenoxy) is 4. The number of benzene rings is 1. The van der Waals surface area contributed by atoms with E-state index in [2.05, 4.69) is 0 Å². The highest BCUT2D eigenvalue weighted by molar-refractivity contribution is 6.03. The maximum absolute atomic E-state index is 12.8. The van der Waals surface area contributed by atoms with Crippen LogP contribution in [0.2, 0.25) is 0 Å². The average molecular weight is 278 g/mol. The van der Waals surface area contributed by atoms with Crippen LogP contribution in [-0.4, -0.2) is 39.7 Å². The molecule has 0 unspecified atom stereocenters. The van der Waals surface area contributed by atoms with Gasteiger partial charge in [0.05, 0.1) is 25.7 Å². The van der Waals surface area contributed by atoms with Gasteiger partial charge in [0.15, 0.2) is 5.78 Å². The van der Waals surface area contributed by atoms with E-state index in [0.29, 0.717) is 13.2 Å². The zero-order chi connectivity index (χ0) is 14.0. The van der Waals surface area contributed by atoms with E-state index >= 15 is 0 Å². The molecular formula is C15H18O5. The molecule has 1 aromatic carbocycles. The van der Waals surface area contributed by atoms with Crippen molar-refractivity contribution in [2.75, 3.05) is 33.9 Å². The van der Waals surface area contributed by atoms with Gasteiger partial charge in [-0.3, -0.25) is 4.79 Å². The predicted molar refractivity (Wildman–Crippen MR) is 70.8 cm³/mol. The monoisotopic (exact) mass is 278 g/mol. The van der Waals surface area contributed by atoms with Crippen molar-refractivity contribution < 1.29 is 23.7 Å². The van der Waals surface area contributed by atoms with Crippen LogP contribution in [0.25, 0.3) is 0 Å². The third-order valence-electron chi connectivity index (χ3n) is 4.00. The van der Waals surface area contributed by atoms with E-state index in [1.165, 1.54) is 0 Å². The maximum Gasteiger partial charge on any atom is 0.173 e. The number of carbonyl (C=O) groups is 1. The Morgan fingerprint density at radius 3 is 2.60 bits per heavy atom. The highest BCUT2D eigenvalue weighted by Gasteiger charge is 2.43. The Morgan fingerprint density at radius 2 is 1.90 bits per heavy atom. The Balaban J connectivity index is 1.91. The summed E-state index contributed by atoms with van der Waals surface area (Å²) >= 11 is 0. The molecule has 5 nitrogen and oxygen atoms in total. The zero-order valence-electron chi connectivity index (χ0n) is 11.5. The second kappa shape index (κ2) is 5.52. The molecule has 1 saturated heterocycles. The summed E-state index contributed by atoms with van der Waals surface area (Å²) in [5.74, 6) is 0.884. The molecular weight excluding hydrogens is 260 g/mol. The number of hydrogen-bond donors (Lipinski definition) is 0. The zero-order valence-corrected chi connectivity index (χ0v) is 11.5. The molecule has 2 aliphatic rings. The van der Waals surface area contributed by atoms with Gasteiger partial charge in [-0.25, -0.2) is 0 Å². The molecule has 1 fully saturated rings. The predicted octanol–water partition coefficient (Wildman–Crippen LogP) is 1.79. The van der Waals surface area contributed by atoms with E-state index in [-0.39, 0.29) is 19.4 Å². The van der Waals surface area contributed by atoms with Gasteiger partial charge in [0.2, 0.25) is 0 Å². The summed E-state index contributed by atoms with van der Waals surface area (Å²) in [5.41, 5.74) is 1.22. The minimum Gasteiger partial charge on any atom is -0.497 e. The van der Waals surface area contributed by atoms with Crippen molar-refractivity contribution >= 4 is 5.78 Å². The van der Waals surface area contributed by atoms with Crippen molar-refractivity contribution in [1.29, 1.82) is 0 Å². The standard InChI is InChI=1S/C15H18O5/c1-17-12-2-3-13-11(6-12)4-5-15(14(13)16)7-18-9-20-10-19-8-15/h2-3,6H,4-5,7-10H2,1H3. The molecule has 1 heterocycles. The highest BCUT2D eigenvalue weighted by Crippen LogP contribution is 2.38. The van der Waals surface area contributed by atoms with Gasteiger partial charge in [-0.1, -0.05) is 0 Å². The number of aryl methyl sites for hydroxylation is 1. The summed E-state index contributed by atoms with van der Waals surface area (Å²) < 4.78 is 21.2. The van der Waals surface area contributed by atoms with Gasteiger partial charge in [0.25, 0.3) is 0 Å². The van der Waals surface area contributed by atoms with E-state index in [9.17, 15) is 4.79 Å². The van der Waals surface area contributed by atoms with Gasteiger partial charge in [0, 0.05) is 5.56 Å². The molecule has 0 bridgehead atoms. The largest absolute Gasteiger partial charge is 0.497 e. The molecule has 1 aromatic rings. The second-order valence-electron chi connectivity index (χ2n) is 5.27. The van der Waals surface area contributed by atoms with Gasteiger partial charge in [0.1, 0.15) is 19.3 Å². The first-order valence-corrected chi connectivity index (χ1v) is 6.70. The molecule has 108 valence electrons. The fraction of sp³-hybridized carbons (Fsp3) is 0.533. The van der Waals surface area contributed by atoms with Crippen molar-refractivity contribution in [3.8, 4) is 5.75 Å². The number of fused-ring (bicyclic) bond motifs is 1. The Hall–Kier alpha value is -1.43. The number of methoxy groups -OCH3 is 1. The van der Waals surface area contributed by atoms with E-state index in [1.807, 2.05) is 18.2 Å². The van der Waals surface area contributed by atoms with Crippen LogP contribution in [0.3, 0.4) is 0 Å². The summed E-state index contributed by atoms with van der Waals surface area (Å²) in [6.45, 7) is 1.03. The van der Waals surface area contributed by atoms with Crippen molar-refractivity contribution in [2.24, 2.45) is 5.41 Å². The summed E-state index contributed by atoms with van der Waals surface area (Å²) in [5, 5.41) is 0. The first-order valence-electron chi connectivity index (χ1n) is 6.70. The number of rotatable bonds is 1. The van der Waals surface area contributed by atoms with Crippen LogP contribution in [0.5, 0.6) is 5.75 Å². The summed E-state index contributed by atoms with van der Waals surface area (Å²) in [6.07, 6.45) is 1.55. The number of carbonyl (C=O) groups excluding carboxylic acids is 1. The van der Waals surface area contributed by atoms with Crippen LogP contribution in [0.4, 0.5) is 0 Å². The Kier molecular flexibility index (Phi) is 3.74. The third-order valence-corrected chi connectivity index (χ3v) is 4.00. The molecule has 0 saturated carbocycles. The van der Waals surface area contributed by atoms with E-state index in [4.69, 9.17) is 18.9 Å². The Bertz CT molecular complexity index is 503. The summed E-state index contributed by atoms with van der Waals surface area (Å²) in [7, 11) is 1.63. The minimum atomic E-state index is -0.578. The Morgan fingerprint density at radius 1 is 1.15 bits per heavy atom. The van der Waals surface area contributed by atoms with Gasteiger partial charge < -0.3 is 18.9 Å². The molecule has 20 heavy (non-hydrogen) atoms. The molecule has 0 radical (unpaired) electrons. The molecule has 0 aromatic heterocycles. The first-order chi connectivity index (χ1) is 9.75.